The molecule has 2 aromatic rings. The van der Waals surface area contributed by atoms with Gasteiger partial charge < -0.3 is 9.73 Å². The van der Waals surface area contributed by atoms with Crippen molar-refractivity contribution in [1.82, 2.24) is 20.4 Å². The van der Waals surface area contributed by atoms with Crippen LogP contribution in [0.15, 0.2) is 33.9 Å². The second kappa shape index (κ2) is 8.57. The molecule has 0 aliphatic carbocycles. The summed E-state index contributed by atoms with van der Waals surface area (Å²) >= 11 is 2.12. The van der Waals surface area contributed by atoms with Crippen molar-refractivity contribution in [1.29, 1.82) is 0 Å². The smallest absolute Gasteiger partial charge is 0.288 e. The van der Waals surface area contributed by atoms with Gasteiger partial charge in [0.25, 0.3) is 10.5 Å². The molecule has 0 spiro atoms. The van der Waals surface area contributed by atoms with Gasteiger partial charge in [-0.15, -0.1) is 10.2 Å². The second-order valence-corrected chi connectivity index (χ2v) is 8.11. The number of nitrogens with zero attached hydrogens (tertiary/aromatic N) is 3. The summed E-state index contributed by atoms with van der Waals surface area (Å²) in [5.74, 6) is 0.103. The van der Waals surface area contributed by atoms with Crippen LogP contribution in [-0.2, 0) is 9.59 Å². The van der Waals surface area contributed by atoms with E-state index in [1.807, 2.05) is 31.2 Å². The summed E-state index contributed by atoms with van der Waals surface area (Å²) in [6.45, 7) is 4.09. The topological polar surface area (TPSA) is 105 Å². The Labute approximate surface area is 164 Å². The number of hydrogen-bond donors (Lipinski definition) is 1. The lowest BCUT2D eigenvalue weighted by molar-refractivity contribution is -0.125. The number of amides is 3. The molecule has 1 aromatic heterocycles. The van der Waals surface area contributed by atoms with Gasteiger partial charge in [0.05, 0.1) is 11.0 Å². The van der Waals surface area contributed by atoms with E-state index in [1.54, 1.807) is 6.92 Å². The molecule has 3 rings (SSSR count). The molecule has 142 valence electrons. The van der Waals surface area contributed by atoms with Crippen molar-refractivity contribution < 1.29 is 18.8 Å². The minimum Gasteiger partial charge on any atom is -0.411 e. The predicted molar refractivity (Wildman–Crippen MR) is 102 cm³/mol. The zero-order valence-electron chi connectivity index (χ0n) is 14.8. The number of benzene rings is 1. The molecule has 1 aliphatic rings. The van der Waals surface area contributed by atoms with Gasteiger partial charge in [0.15, 0.2) is 0 Å². The second-order valence-electron chi connectivity index (χ2n) is 5.89. The van der Waals surface area contributed by atoms with Gasteiger partial charge in [0, 0.05) is 18.7 Å². The highest BCUT2D eigenvalue weighted by atomic mass is 32.2. The number of thioether (sulfide) groups is 2. The molecule has 1 N–H and O–H groups in total. The number of rotatable bonds is 7. The van der Waals surface area contributed by atoms with Crippen LogP contribution < -0.4 is 5.32 Å². The third kappa shape index (κ3) is 4.89. The van der Waals surface area contributed by atoms with Crippen molar-refractivity contribution in [2.75, 3.05) is 18.8 Å². The molecule has 0 radical (unpaired) electrons. The van der Waals surface area contributed by atoms with Crippen molar-refractivity contribution in [2.24, 2.45) is 0 Å². The fraction of sp³-hybridized carbons (Fsp3) is 0.353. The first-order chi connectivity index (χ1) is 12.9. The number of carbonyl (C=O) groups excluding carboxylic acids is 3. The van der Waals surface area contributed by atoms with Crippen LogP contribution in [0, 0.1) is 6.92 Å². The number of hydrogen-bond acceptors (Lipinski definition) is 8. The van der Waals surface area contributed by atoms with Crippen LogP contribution in [-0.4, -0.2) is 56.2 Å². The van der Waals surface area contributed by atoms with E-state index in [2.05, 4.69) is 15.5 Å². The van der Waals surface area contributed by atoms with Crippen molar-refractivity contribution in [3.05, 3.63) is 29.8 Å². The van der Waals surface area contributed by atoms with Gasteiger partial charge in [0.1, 0.15) is 0 Å². The molecule has 2 heterocycles. The van der Waals surface area contributed by atoms with Crippen LogP contribution in [0.2, 0.25) is 0 Å². The summed E-state index contributed by atoms with van der Waals surface area (Å²) in [5, 5.41) is 10.2. The third-order valence-electron chi connectivity index (χ3n) is 3.83. The molecule has 1 saturated heterocycles. The van der Waals surface area contributed by atoms with Crippen molar-refractivity contribution >= 4 is 40.6 Å². The fourth-order valence-corrected chi connectivity index (χ4v) is 3.77. The van der Waals surface area contributed by atoms with Crippen LogP contribution in [0.5, 0.6) is 0 Å². The Bertz CT molecular complexity index is 837. The SMILES string of the molecule is Cc1ccc(-c2nnc(S[C@H](C)C(=O)NCCN3C(=O)CSC3=O)o2)cc1. The summed E-state index contributed by atoms with van der Waals surface area (Å²) in [5.41, 5.74) is 1.95. The molecule has 8 nitrogen and oxygen atoms in total. The van der Waals surface area contributed by atoms with E-state index in [0.29, 0.717) is 11.1 Å². The average molecular weight is 406 g/mol. The average Bonchev–Trinajstić information content (AvgIpc) is 3.23. The van der Waals surface area contributed by atoms with Crippen molar-refractivity contribution in [3.8, 4) is 11.5 Å². The van der Waals surface area contributed by atoms with Gasteiger partial charge in [-0.25, -0.2) is 0 Å². The standard InChI is InChI=1S/C17H18N4O4S2/c1-10-3-5-12(6-4-10)15-19-20-16(25-15)27-11(2)14(23)18-7-8-21-13(22)9-26-17(21)24/h3-6,11H,7-9H2,1-2H3,(H,18,23)/t11-/m1/s1. The Morgan fingerprint density at radius 3 is 2.74 bits per heavy atom. The molecule has 0 bridgehead atoms. The Morgan fingerprint density at radius 1 is 1.33 bits per heavy atom. The first kappa shape index (κ1) is 19.4. The van der Waals surface area contributed by atoms with Gasteiger partial charge in [-0.3, -0.25) is 19.3 Å². The van der Waals surface area contributed by atoms with Crippen molar-refractivity contribution in [3.63, 3.8) is 0 Å². The van der Waals surface area contributed by atoms with E-state index >= 15 is 0 Å². The van der Waals surface area contributed by atoms with E-state index in [9.17, 15) is 14.4 Å². The quantitative estimate of drug-likeness (QED) is 0.699. The molecule has 0 saturated carbocycles. The maximum absolute atomic E-state index is 12.2. The van der Waals surface area contributed by atoms with Crippen LogP contribution in [0.4, 0.5) is 4.79 Å². The Kier molecular flexibility index (Phi) is 6.17. The molecule has 27 heavy (non-hydrogen) atoms. The Morgan fingerprint density at radius 2 is 2.07 bits per heavy atom. The largest absolute Gasteiger partial charge is 0.411 e. The summed E-state index contributed by atoms with van der Waals surface area (Å²) < 4.78 is 5.60. The summed E-state index contributed by atoms with van der Waals surface area (Å²) in [4.78, 5) is 36.3. The summed E-state index contributed by atoms with van der Waals surface area (Å²) in [6.07, 6.45) is 0. The van der Waals surface area contributed by atoms with E-state index < -0.39 is 5.25 Å². The molecule has 10 heteroatoms. The predicted octanol–water partition coefficient (Wildman–Crippen LogP) is 2.34. The molecular weight excluding hydrogens is 388 g/mol. The summed E-state index contributed by atoms with van der Waals surface area (Å²) in [7, 11) is 0. The fourth-order valence-electron chi connectivity index (χ4n) is 2.31. The van der Waals surface area contributed by atoms with E-state index in [0.717, 1.165) is 39.6 Å². The summed E-state index contributed by atoms with van der Waals surface area (Å²) in [6, 6.07) is 7.70. The van der Waals surface area contributed by atoms with Gasteiger partial charge in [-0.05, 0) is 26.0 Å². The number of carbonyl (C=O) groups is 3. The Hall–Kier alpha value is -2.33. The van der Waals surface area contributed by atoms with E-state index in [4.69, 9.17) is 4.42 Å². The van der Waals surface area contributed by atoms with Crippen molar-refractivity contribution in [2.45, 2.75) is 24.3 Å². The first-order valence-electron chi connectivity index (χ1n) is 8.26. The maximum atomic E-state index is 12.2. The molecule has 1 atom stereocenters. The van der Waals surface area contributed by atoms with Gasteiger partial charge in [-0.1, -0.05) is 41.2 Å². The third-order valence-corrected chi connectivity index (χ3v) is 5.62. The lowest BCUT2D eigenvalue weighted by Gasteiger charge is -2.14. The van der Waals surface area contributed by atoms with Gasteiger partial charge >= 0.3 is 0 Å². The van der Waals surface area contributed by atoms with E-state index in [-0.39, 0.29) is 35.9 Å². The van der Waals surface area contributed by atoms with Crippen LogP contribution in [0.1, 0.15) is 12.5 Å². The molecule has 1 fully saturated rings. The minimum absolute atomic E-state index is 0.166. The highest BCUT2D eigenvalue weighted by Crippen LogP contribution is 2.26. The normalized spacial score (nSPS) is 15.3. The number of imide groups is 1. The molecular formula is C17H18N4O4S2. The number of aromatic nitrogens is 2. The zero-order valence-corrected chi connectivity index (χ0v) is 16.4. The highest BCUT2D eigenvalue weighted by molar-refractivity contribution is 8.14. The first-order valence-corrected chi connectivity index (χ1v) is 10.1. The zero-order chi connectivity index (χ0) is 19.4. The van der Waals surface area contributed by atoms with E-state index in [1.165, 1.54) is 0 Å². The molecule has 1 aliphatic heterocycles. The van der Waals surface area contributed by atoms with Gasteiger partial charge in [0.2, 0.25) is 17.7 Å². The lowest BCUT2D eigenvalue weighted by Crippen LogP contribution is -2.39. The highest BCUT2D eigenvalue weighted by Gasteiger charge is 2.29. The van der Waals surface area contributed by atoms with Crippen LogP contribution >= 0.6 is 23.5 Å². The van der Waals surface area contributed by atoms with Crippen LogP contribution in [0.3, 0.4) is 0 Å². The molecule has 3 amide bonds. The molecule has 1 aromatic carbocycles. The van der Waals surface area contributed by atoms with Gasteiger partial charge in [-0.2, -0.15) is 0 Å². The molecule has 0 unspecified atom stereocenters. The lowest BCUT2D eigenvalue weighted by atomic mass is 10.1. The maximum Gasteiger partial charge on any atom is 0.288 e. The minimum atomic E-state index is -0.462. The van der Waals surface area contributed by atoms with Crippen LogP contribution in [0.25, 0.3) is 11.5 Å². The number of nitrogens with one attached hydrogen (secondary N) is 1. The Balaban J connectivity index is 1.49. The number of aryl methyl sites for hydroxylation is 1. The monoisotopic (exact) mass is 406 g/mol.